The summed E-state index contributed by atoms with van der Waals surface area (Å²) in [5, 5.41) is 8.92. The van der Waals surface area contributed by atoms with Gasteiger partial charge in [-0.3, -0.25) is 4.79 Å². The molecule has 0 bridgehead atoms. The van der Waals surface area contributed by atoms with Gasteiger partial charge in [0, 0.05) is 7.05 Å². The lowest BCUT2D eigenvalue weighted by atomic mass is 9.98. The average Bonchev–Trinajstić information content (AvgIpc) is 3.16. The lowest BCUT2D eigenvalue weighted by molar-refractivity contribution is -0.119. The van der Waals surface area contributed by atoms with Gasteiger partial charge in [0.1, 0.15) is 5.75 Å². The van der Waals surface area contributed by atoms with Gasteiger partial charge >= 0.3 is 0 Å². The van der Waals surface area contributed by atoms with Crippen LogP contribution in [0, 0.1) is 0 Å². The molecule has 176 valence electrons. The molecule has 0 saturated carbocycles. The van der Waals surface area contributed by atoms with E-state index in [1.165, 1.54) is 23.9 Å². The standard InChI is InChI=1S/C24H24N4O4S2/c1-28-21-13-12-19(34(25,30)31)14-20(21)26-24(28)33-15-22(29)27-23(16-6-4-3-5-7-16)17-8-10-18(32-2)11-9-17/h3-14,23H,15H2,1-2H3,(H,27,29)(H2,25,30,31). The molecule has 1 unspecified atom stereocenters. The molecular formula is C24H24N4O4S2. The third-order valence-electron chi connectivity index (χ3n) is 5.36. The highest BCUT2D eigenvalue weighted by Crippen LogP contribution is 2.27. The van der Waals surface area contributed by atoms with Crippen LogP contribution in [0.3, 0.4) is 0 Å². The van der Waals surface area contributed by atoms with Gasteiger partial charge < -0.3 is 14.6 Å². The number of ether oxygens (including phenoxy) is 1. The third kappa shape index (κ3) is 5.24. The van der Waals surface area contributed by atoms with Crippen LogP contribution in [0.5, 0.6) is 5.75 Å². The lowest BCUT2D eigenvalue weighted by Crippen LogP contribution is -2.30. The second-order valence-corrected chi connectivity index (χ2v) is 10.1. The monoisotopic (exact) mass is 496 g/mol. The number of hydrogen-bond donors (Lipinski definition) is 2. The van der Waals surface area contributed by atoms with Gasteiger partial charge in [0.2, 0.25) is 15.9 Å². The van der Waals surface area contributed by atoms with Crippen molar-refractivity contribution in [3.63, 3.8) is 0 Å². The maximum Gasteiger partial charge on any atom is 0.238 e. The molecular weight excluding hydrogens is 472 g/mol. The first-order chi connectivity index (χ1) is 16.3. The summed E-state index contributed by atoms with van der Waals surface area (Å²) in [4.78, 5) is 17.4. The Bertz CT molecular complexity index is 1420. The molecule has 3 aromatic carbocycles. The summed E-state index contributed by atoms with van der Waals surface area (Å²) in [5.74, 6) is 0.718. The summed E-state index contributed by atoms with van der Waals surface area (Å²) in [6.45, 7) is 0. The van der Waals surface area contributed by atoms with Crippen molar-refractivity contribution in [2.45, 2.75) is 16.1 Å². The van der Waals surface area contributed by atoms with E-state index in [-0.39, 0.29) is 22.6 Å². The Hall–Kier alpha value is -3.34. The highest BCUT2D eigenvalue weighted by Gasteiger charge is 2.19. The molecule has 34 heavy (non-hydrogen) atoms. The van der Waals surface area contributed by atoms with Gasteiger partial charge in [-0.1, -0.05) is 54.2 Å². The van der Waals surface area contributed by atoms with Crippen LogP contribution < -0.4 is 15.2 Å². The molecule has 0 aliphatic carbocycles. The van der Waals surface area contributed by atoms with Gasteiger partial charge in [-0.25, -0.2) is 18.5 Å². The van der Waals surface area contributed by atoms with E-state index < -0.39 is 10.0 Å². The van der Waals surface area contributed by atoms with Gasteiger partial charge in [-0.15, -0.1) is 0 Å². The van der Waals surface area contributed by atoms with E-state index in [0.29, 0.717) is 10.7 Å². The molecule has 0 aliphatic rings. The van der Waals surface area contributed by atoms with E-state index in [4.69, 9.17) is 9.88 Å². The Morgan fingerprint density at radius 2 is 1.76 bits per heavy atom. The van der Waals surface area contributed by atoms with Crippen molar-refractivity contribution >= 4 is 38.7 Å². The second kappa shape index (κ2) is 9.88. The maximum atomic E-state index is 12.9. The number of thioether (sulfide) groups is 1. The average molecular weight is 497 g/mol. The molecule has 1 atom stereocenters. The zero-order valence-corrected chi connectivity index (χ0v) is 20.3. The van der Waals surface area contributed by atoms with Crippen LogP contribution >= 0.6 is 11.8 Å². The largest absolute Gasteiger partial charge is 0.497 e. The highest BCUT2D eigenvalue weighted by atomic mass is 32.2. The van der Waals surface area contributed by atoms with Crippen LogP contribution in [0.2, 0.25) is 0 Å². The summed E-state index contributed by atoms with van der Waals surface area (Å²) < 4.78 is 30.3. The van der Waals surface area contributed by atoms with Crippen LogP contribution in [-0.2, 0) is 21.9 Å². The number of primary sulfonamides is 1. The Balaban J connectivity index is 1.52. The predicted octanol–water partition coefficient (Wildman–Crippen LogP) is 3.23. The lowest BCUT2D eigenvalue weighted by Gasteiger charge is -2.20. The zero-order chi connectivity index (χ0) is 24.3. The van der Waals surface area contributed by atoms with Crippen molar-refractivity contribution < 1.29 is 17.9 Å². The molecule has 1 amide bonds. The number of aromatic nitrogens is 2. The van der Waals surface area contributed by atoms with Gasteiger partial charge in [0.05, 0.1) is 34.8 Å². The minimum Gasteiger partial charge on any atom is -0.497 e. The van der Waals surface area contributed by atoms with Crippen molar-refractivity contribution in [2.24, 2.45) is 12.2 Å². The Morgan fingerprint density at radius 1 is 1.09 bits per heavy atom. The topological polar surface area (TPSA) is 116 Å². The molecule has 0 aliphatic heterocycles. The van der Waals surface area contributed by atoms with E-state index in [0.717, 1.165) is 22.4 Å². The summed E-state index contributed by atoms with van der Waals surface area (Å²) in [6.07, 6.45) is 0. The summed E-state index contributed by atoms with van der Waals surface area (Å²) in [6, 6.07) is 21.5. The number of carbonyl (C=O) groups is 1. The zero-order valence-electron chi connectivity index (χ0n) is 18.6. The number of benzene rings is 3. The first kappa shape index (κ1) is 23.8. The smallest absolute Gasteiger partial charge is 0.238 e. The molecule has 1 aromatic heterocycles. The number of nitrogens with zero attached hydrogens (tertiary/aromatic N) is 2. The molecule has 0 spiro atoms. The number of amides is 1. The van der Waals surface area contributed by atoms with E-state index in [9.17, 15) is 13.2 Å². The fourth-order valence-electron chi connectivity index (χ4n) is 3.60. The van der Waals surface area contributed by atoms with Crippen molar-refractivity contribution in [1.29, 1.82) is 0 Å². The first-order valence-electron chi connectivity index (χ1n) is 10.4. The van der Waals surface area contributed by atoms with Crippen LogP contribution in [0.15, 0.2) is 82.8 Å². The number of sulfonamides is 1. The summed E-state index contributed by atoms with van der Waals surface area (Å²) >= 11 is 1.27. The molecule has 4 rings (SSSR count). The van der Waals surface area contributed by atoms with Crippen LogP contribution in [0.25, 0.3) is 11.0 Å². The molecule has 0 fully saturated rings. The Morgan fingerprint density at radius 3 is 2.41 bits per heavy atom. The molecule has 0 radical (unpaired) electrons. The minimum atomic E-state index is -3.82. The van der Waals surface area contributed by atoms with Gasteiger partial charge in [-0.2, -0.15) is 0 Å². The Kier molecular flexibility index (Phi) is 6.92. The van der Waals surface area contributed by atoms with Crippen molar-refractivity contribution in [1.82, 2.24) is 14.9 Å². The number of nitrogens with one attached hydrogen (secondary N) is 1. The molecule has 8 nitrogen and oxygen atoms in total. The maximum absolute atomic E-state index is 12.9. The van der Waals surface area contributed by atoms with Gasteiger partial charge in [0.25, 0.3) is 0 Å². The van der Waals surface area contributed by atoms with Crippen molar-refractivity contribution in [3.8, 4) is 5.75 Å². The van der Waals surface area contributed by atoms with E-state index in [1.54, 1.807) is 13.2 Å². The van der Waals surface area contributed by atoms with Crippen LogP contribution in [0.4, 0.5) is 0 Å². The number of hydrogen-bond acceptors (Lipinski definition) is 6. The number of imidazole rings is 1. The Labute approximate surface area is 202 Å². The number of aryl methyl sites for hydroxylation is 1. The first-order valence-corrected chi connectivity index (χ1v) is 12.9. The van der Waals surface area contributed by atoms with Crippen molar-refractivity contribution in [2.75, 3.05) is 12.9 Å². The predicted molar refractivity (Wildman–Crippen MR) is 132 cm³/mol. The normalized spacial score (nSPS) is 12.4. The molecule has 0 saturated heterocycles. The van der Waals surface area contributed by atoms with E-state index in [2.05, 4.69) is 10.3 Å². The minimum absolute atomic E-state index is 0.00223. The summed E-state index contributed by atoms with van der Waals surface area (Å²) in [5.41, 5.74) is 3.14. The molecule has 3 N–H and O–H groups in total. The molecule has 10 heteroatoms. The fourth-order valence-corrected chi connectivity index (χ4v) is 4.93. The van der Waals surface area contributed by atoms with E-state index >= 15 is 0 Å². The van der Waals surface area contributed by atoms with E-state index in [1.807, 2.05) is 66.2 Å². The van der Waals surface area contributed by atoms with Gasteiger partial charge in [0.15, 0.2) is 5.16 Å². The summed E-state index contributed by atoms with van der Waals surface area (Å²) in [7, 11) is -0.396. The SMILES string of the molecule is COc1ccc(C(NC(=O)CSc2nc3cc(S(N)(=O)=O)ccc3n2C)c2ccccc2)cc1. The van der Waals surface area contributed by atoms with Crippen LogP contribution in [-0.4, -0.2) is 36.7 Å². The number of nitrogens with two attached hydrogens (primary N) is 1. The third-order valence-corrected chi connectivity index (χ3v) is 7.30. The molecule has 1 heterocycles. The quantitative estimate of drug-likeness (QED) is 0.362. The number of carbonyl (C=O) groups excluding carboxylic acids is 1. The second-order valence-electron chi connectivity index (χ2n) is 7.62. The molecule has 4 aromatic rings. The highest BCUT2D eigenvalue weighted by molar-refractivity contribution is 7.99. The fraction of sp³-hybridized carbons (Fsp3) is 0.167. The van der Waals surface area contributed by atoms with Gasteiger partial charge in [-0.05, 0) is 41.5 Å². The number of fused-ring (bicyclic) bond motifs is 1. The number of rotatable bonds is 8. The number of methoxy groups -OCH3 is 1. The van der Waals surface area contributed by atoms with Crippen LogP contribution in [0.1, 0.15) is 17.2 Å². The van der Waals surface area contributed by atoms with Crippen molar-refractivity contribution in [3.05, 3.63) is 83.9 Å².